The average molecular weight is 479 g/mol. The fraction of sp³-hybridized carbons (Fsp3) is 0.500. The number of amides is 2. The molecule has 0 unspecified atom stereocenters. The molecule has 3 aliphatic rings. The highest BCUT2D eigenvalue weighted by molar-refractivity contribution is 5.79. The van der Waals surface area contributed by atoms with Crippen LogP contribution < -0.4 is 5.32 Å². The van der Waals surface area contributed by atoms with Gasteiger partial charge in [-0.05, 0) is 42.4 Å². The number of aliphatic hydroxyl groups excluding tert-OH is 1. The standard InChI is InChI=1S/C28H34N2O5/c31-23-16-30(28(33)12-19-6-2-1-3-7-19)25-11-10-24(35-26(25)18-34-17-23)15-27(32)29-22-13-20-8-4-5-9-21(20)14-22/h1-9,22-26,31H,10-18H2,(H,29,32)/t23-,24-,25-,26+/m0/s1. The Morgan fingerprint density at radius 1 is 0.971 bits per heavy atom. The molecular formula is C28H34N2O5. The monoisotopic (exact) mass is 478 g/mol. The molecule has 35 heavy (non-hydrogen) atoms. The number of fused-ring (bicyclic) bond motifs is 2. The number of carbonyl (C=O) groups is 2. The van der Waals surface area contributed by atoms with Crippen molar-refractivity contribution in [1.29, 1.82) is 0 Å². The molecule has 0 saturated carbocycles. The summed E-state index contributed by atoms with van der Waals surface area (Å²) in [6.45, 7) is 0.686. The zero-order valence-corrected chi connectivity index (χ0v) is 20.0. The fourth-order valence-electron chi connectivity index (χ4n) is 5.65. The first-order chi connectivity index (χ1) is 17.0. The lowest BCUT2D eigenvalue weighted by atomic mass is 9.94. The van der Waals surface area contributed by atoms with Gasteiger partial charge in [-0.2, -0.15) is 0 Å². The van der Waals surface area contributed by atoms with Crippen LogP contribution in [-0.4, -0.2) is 72.0 Å². The van der Waals surface area contributed by atoms with Crippen molar-refractivity contribution in [3.05, 3.63) is 71.3 Å². The third-order valence-corrected chi connectivity index (χ3v) is 7.33. The number of hydrogen-bond acceptors (Lipinski definition) is 5. The van der Waals surface area contributed by atoms with E-state index in [0.29, 0.717) is 25.9 Å². The van der Waals surface area contributed by atoms with Gasteiger partial charge in [-0.15, -0.1) is 0 Å². The van der Waals surface area contributed by atoms with Crippen molar-refractivity contribution in [1.82, 2.24) is 10.2 Å². The van der Waals surface area contributed by atoms with E-state index in [1.807, 2.05) is 42.5 Å². The summed E-state index contributed by atoms with van der Waals surface area (Å²) in [7, 11) is 0. The van der Waals surface area contributed by atoms with Gasteiger partial charge in [-0.25, -0.2) is 0 Å². The SMILES string of the molecule is O=C(C[C@@H]1CC[C@H]2[C@@H](COC[C@@H](O)CN2C(=O)Cc2ccccc2)O1)NC1Cc2ccccc2C1. The highest BCUT2D eigenvalue weighted by atomic mass is 16.5. The Hall–Kier alpha value is -2.74. The molecule has 4 atom stereocenters. The van der Waals surface area contributed by atoms with E-state index in [2.05, 4.69) is 17.4 Å². The minimum Gasteiger partial charge on any atom is -0.389 e. The minimum absolute atomic E-state index is 0.00505. The van der Waals surface area contributed by atoms with E-state index in [0.717, 1.165) is 18.4 Å². The number of rotatable bonds is 5. The summed E-state index contributed by atoms with van der Waals surface area (Å²) in [6, 6.07) is 17.9. The molecule has 2 heterocycles. The second-order valence-corrected chi connectivity index (χ2v) is 9.99. The van der Waals surface area contributed by atoms with Gasteiger partial charge < -0.3 is 24.8 Å². The van der Waals surface area contributed by atoms with Crippen LogP contribution in [-0.2, 0) is 38.3 Å². The summed E-state index contributed by atoms with van der Waals surface area (Å²) in [5, 5.41) is 13.5. The van der Waals surface area contributed by atoms with Crippen LogP contribution >= 0.6 is 0 Å². The molecule has 2 amide bonds. The van der Waals surface area contributed by atoms with Gasteiger partial charge in [-0.1, -0.05) is 54.6 Å². The Labute approximate surface area is 206 Å². The third-order valence-electron chi connectivity index (χ3n) is 7.33. The molecule has 0 spiro atoms. The van der Waals surface area contributed by atoms with Crippen molar-refractivity contribution in [2.24, 2.45) is 0 Å². The molecule has 7 nitrogen and oxygen atoms in total. The Morgan fingerprint density at radius 2 is 1.69 bits per heavy atom. The minimum atomic E-state index is -0.727. The van der Waals surface area contributed by atoms with Crippen molar-refractivity contribution < 1.29 is 24.2 Å². The largest absolute Gasteiger partial charge is 0.389 e. The van der Waals surface area contributed by atoms with Crippen molar-refractivity contribution in [2.45, 2.75) is 68.9 Å². The van der Waals surface area contributed by atoms with Crippen LogP contribution in [0.15, 0.2) is 54.6 Å². The van der Waals surface area contributed by atoms with Crippen molar-refractivity contribution in [3.63, 3.8) is 0 Å². The predicted octanol–water partition coefficient (Wildman–Crippen LogP) is 2.04. The van der Waals surface area contributed by atoms with Gasteiger partial charge >= 0.3 is 0 Å². The van der Waals surface area contributed by atoms with E-state index in [4.69, 9.17) is 9.47 Å². The molecule has 2 saturated heterocycles. The van der Waals surface area contributed by atoms with Crippen LogP contribution in [0.5, 0.6) is 0 Å². The van der Waals surface area contributed by atoms with Crippen LogP contribution in [0.2, 0.25) is 0 Å². The molecule has 0 aromatic heterocycles. The Kier molecular flexibility index (Phi) is 7.46. The lowest BCUT2D eigenvalue weighted by Gasteiger charge is -2.44. The molecule has 0 radical (unpaired) electrons. The van der Waals surface area contributed by atoms with E-state index in [1.165, 1.54) is 11.1 Å². The van der Waals surface area contributed by atoms with Crippen molar-refractivity contribution >= 4 is 11.8 Å². The maximum absolute atomic E-state index is 13.2. The molecule has 2 fully saturated rings. The topological polar surface area (TPSA) is 88.1 Å². The third kappa shape index (κ3) is 5.92. The highest BCUT2D eigenvalue weighted by Crippen LogP contribution is 2.29. The number of nitrogens with zero attached hydrogens (tertiary/aromatic N) is 1. The van der Waals surface area contributed by atoms with Crippen molar-refractivity contribution in [2.75, 3.05) is 19.8 Å². The number of ether oxygens (including phenoxy) is 2. The fourth-order valence-corrected chi connectivity index (χ4v) is 5.65. The zero-order chi connectivity index (χ0) is 24.2. The summed E-state index contributed by atoms with van der Waals surface area (Å²) in [5.41, 5.74) is 3.56. The summed E-state index contributed by atoms with van der Waals surface area (Å²) in [4.78, 5) is 27.8. The first kappa shape index (κ1) is 24.0. The summed E-state index contributed by atoms with van der Waals surface area (Å²) in [6.07, 6.45) is 2.47. The van der Waals surface area contributed by atoms with Crippen LogP contribution in [0, 0.1) is 0 Å². The first-order valence-corrected chi connectivity index (χ1v) is 12.7. The number of carbonyl (C=O) groups excluding carboxylic acids is 2. The maximum Gasteiger partial charge on any atom is 0.227 e. The molecule has 7 heteroatoms. The van der Waals surface area contributed by atoms with Gasteiger partial charge in [0.25, 0.3) is 0 Å². The van der Waals surface area contributed by atoms with Gasteiger partial charge in [0.15, 0.2) is 0 Å². The molecule has 1 aliphatic carbocycles. The quantitative estimate of drug-likeness (QED) is 0.687. The predicted molar refractivity (Wildman–Crippen MR) is 131 cm³/mol. The number of nitrogens with one attached hydrogen (secondary N) is 1. The Balaban J connectivity index is 1.18. The lowest BCUT2D eigenvalue weighted by Crippen LogP contribution is -2.58. The summed E-state index contributed by atoms with van der Waals surface area (Å²) in [5.74, 6) is -0.0156. The van der Waals surface area contributed by atoms with Crippen molar-refractivity contribution in [3.8, 4) is 0 Å². The molecule has 2 aromatic carbocycles. The van der Waals surface area contributed by atoms with Gasteiger partial charge in [-0.3, -0.25) is 9.59 Å². The van der Waals surface area contributed by atoms with Crippen LogP contribution in [0.25, 0.3) is 0 Å². The highest BCUT2D eigenvalue weighted by Gasteiger charge is 2.40. The Bertz CT molecular complexity index is 1000. The first-order valence-electron chi connectivity index (χ1n) is 12.7. The number of hydrogen-bond donors (Lipinski definition) is 2. The number of aliphatic hydroxyl groups is 1. The normalized spacial score (nSPS) is 26.8. The molecule has 0 bridgehead atoms. The number of benzene rings is 2. The molecule has 5 rings (SSSR count). The molecular weight excluding hydrogens is 444 g/mol. The summed E-state index contributed by atoms with van der Waals surface area (Å²) < 4.78 is 12.0. The van der Waals surface area contributed by atoms with Crippen LogP contribution in [0.3, 0.4) is 0 Å². The van der Waals surface area contributed by atoms with E-state index < -0.39 is 6.10 Å². The Morgan fingerprint density at radius 3 is 2.43 bits per heavy atom. The smallest absolute Gasteiger partial charge is 0.227 e. The van der Waals surface area contributed by atoms with E-state index in [9.17, 15) is 14.7 Å². The average Bonchev–Trinajstić information content (AvgIpc) is 3.24. The van der Waals surface area contributed by atoms with Gasteiger partial charge in [0.2, 0.25) is 11.8 Å². The molecule has 2 aliphatic heterocycles. The molecule has 2 N–H and O–H groups in total. The lowest BCUT2D eigenvalue weighted by molar-refractivity contribution is -0.169. The molecule has 2 aromatic rings. The molecule has 186 valence electrons. The van der Waals surface area contributed by atoms with Gasteiger partial charge in [0.1, 0.15) is 6.10 Å². The van der Waals surface area contributed by atoms with E-state index >= 15 is 0 Å². The maximum atomic E-state index is 13.2. The second-order valence-electron chi connectivity index (χ2n) is 9.99. The van der Waals surface area contributed by atoms with Gasteiger partial charge in [0.05, 0.1) is 44.3 Å². The van der Waals surface area contributed by atoms with E-state index in [-0.39, 0.29) is 55.7 Å². The zero-order valence-electron chi connectivity index (χ0n) is 20.0. The van der Waals surface area contributed by atoms with E-state index in [1.54, 1.807) is 4.90 Å². The van der Waals surface area contributed by atoms with Gasteiger partial charge in [0, 0.05) is 12.6 Å². The summed E-state index contributed by atoms with van der Waals surface area (Å²) >= 11 is 0. The number of β-amino-alcohol motifs (C(OH)–C–C–N with tert-alkyl or cyclic N) is 1. The van der Waals surface area contributed by atoms with Crippen LogP contribution in [0.1, 0.15) is 36.0 Å². The van der Waals surface area contributed by atoms with Crippen LogP contribution in [0.4, 0.5) is 0 Å². The second kappa shape index (κ2) is 10.9.